The molecule has 3 rings (SSSR count). The number of ether oxygens (including phenoxy) is 2. The van der Waals surface area contributed by atoms with Crippen LogP contribution in [0.1, 0.15) is 36.4 Å². The molecule has 0 saturated heterocycles. The summed E-state index contributed by atoms with van der Waals surface area (Å²) < 4.78 is 13.5. The van der Waals surface area contributed by atoms with Crippen LogP contribution in [0.25, 0.3) is 0 Å². The van der Waals surface area contributed by atoms with Gasteiger partial charge in [-0.15, -0.1) is 10.2 Å². The molecule has 32 heavy (non-hydrogen) atoms. The third-order valence-electron chi connectivity index (χ3n) is 4.28. The lowest BCUT2D eigenvalue weighted by Gasteiger charge is -2.04. The molecule has 0 atom stereocenters. The number of hydrogen-bond acceptors (Lipinski definition) is 8. The van der Waals surface area contributed by atoms with Crippen molar-refractivity contribution in [3.63, 3.8) is 0 Å². The third kappa shape index (κ3) is 6.46. The Balaban J connectivity index is 1.50. The first-order chi connectivity index (χ1) is 15.3. The second-order valence-corrected chi connectivity index (χ2v) is 7.34. The molecule has 3 aromatic rings. The summed E-state index contributed by atoms with van der Waals surface area (Å²) in [4.78, 5) is 22.9. The fraction of sp³-hybridized carbons (Fsp3) is 0.273. The molecular formula is C22H24N6O4. The molecule has 166 valence electrons. The van der Waals surface area contributed by atoms with E-state index in [1.54, 1.807) is 35.6 Å². The minimum absolute atomic E-state index is 0.0525. The van der Waals surface area contributed by atoms with Crippen molar-refractivity contribution in [2.45, 2.75) is 40.2 Å². The molecule has 10 heteroatoms. The molecule has 0 unspecified atom stereocenters. The summed E-state index contributed by atoms with van der Waals surface area (Å²) in [5.74, 6) is -0.912. The van der Waals surface area contributed by atoms with Gasteiger partial charge in [-0.1, -0.05) is 47.9 Å². The molecule has 0 N–H and O–H groups in total. The molecule has 0 saturated carbocycles. The average molecular weight is 436 g/mol. The van der Waals surface area contributed by atoms with Crippen molar-refractivity contribution in [1.82, 2.24) is 30.0 Å². The number of carbonyl (C=O) groups is 2. The van der Waals surface area contributed by atoms with Crippen molar-refractivity contribution >= 4 is 11.9 Å². The molecule has 0 amide bonds. The lowest BCUT2D eigenvalue weighted by molar-refractivity contribution is -0.141. The first-order valence-corrected chi connectivity index (χ1v) is 9.81. The minimum Gasteiger partial charge on any atom is -0.456 e. The van der Waals surface area contributed by atoms with Crippen molar-refractivity contribution in [1.29, 1.82) is 0 Å². The van der Waals surface area contributed by atoms with Gasteiger partial charge in [-0.25, -0.2) is 19.0 Å². The molecule has 1 aromatic carbocycles. The van der Waals surface area contributed by atoms with Crippen LogP contribution in [-0.4, -0.2) is 41.9 Å². The largest absolute Gasteiger partial charge is 0.456 e. The first kappa shape index (κ1) is 22.6. The topological polar surface area (TPSA) is 114 Å². The van der Waals surface area contributed by atoms with E-state index in [2.05, 4.69) is 33.8 Å². The zero-order valence-electron chi connectivity index (χ0n) is 18.0. The van der Waals surface area contributed by atoms with Gasteiger partial charge in [-0.05, 0) is 25.0 Å². The maximum absolute atomic E-state index is 11.5. The summed E-state index contributed by atoms with van der Waals surface area (Å²) in [7, 11) is 0. The van der Waals surface area contributed by atoms with E-state index in [-0.39, 0.29) is 13.2 Å². The van der Waals surface area contributed by atoms with E-state index in [4.69, 9.17) is 9.47 Å². The molecule has 10 nitrogen and oxygen atoms in total. The highest BCUT2D eigenvalue weighted by Crippen LogP contribution is 2.09. The second-order valence-electron chi connectivity index (χ2n) is 7.34. The van der Waals surface area contributed by atoms with E-state index < -0.39 is 11.9 Å². The third-order valence-corrected chi connectivity index (χ3v) is 4.28. The fourth-order valence-electron chi connectivity index (χ4n) is 2.61. The van der Waals surface area contributed by atoms with Crippen LogP contribution in [0.5, 0.6) is 0 Å². The van der Waals surface area contributed by atoms with Gasteiger partial charge in [-0.2, -0.15) is 0 Å². The van der Waals surface area contributed by atoms with E-state index >= 15 is 0 Å². The molecule has 0 bridgehead atoms. The highest BCUT2D eigenvalue weighted by molar-refractivity contribution is 5.87. The zero-order valence-corrected chi connectivity index (χ0v) is 18.0. The minimum atomic E-state index is -0.456. The van der Waals surface area contributed by atoms with E-state index in [0.29, 0.717) is 35.6 Å². The van der Waals surface area contributed by atoms with Gasteiger partial charge < -0.3 is 9.47 Å². The van der Waals surface area contributed by atoms with E-state index in [1.807, 2.05) is 24.3 Å². The van der Waals surface area contributed by atoms with Crippen molar-refractivity contribution in [3.05, 3.63) is 83.5 Å². The van der Waals surface area contributed by atoms with Gasteiger partial charge in [0.2, 0.25) is 0 Å². The van der Waals surface area contributed by atoms with Crippen LogP contribution in [0.15, 0.2) is 61.0 Å². The fourth-order valence-corrected chi connectivity index (χ4v) is 2.61. The van der Waals surface area contributed by atoms with Crippen LogP contribution in [0.4, 0.5) is 0 Å². The number of esters is 2. The van der Waals surface area contributed by atoms with Gasteiger partial charge in [0.25, 0.3) is 0 Å². The maximum Gasteiger partial charge on any atom is 0.333 e. The highest BCUT2D eigenvalue weighted by Gasteiger charge is 2.09. The first-order valence-electron chi connectivity index (χ1n) is 9.81. The zero-order chi connectivity index (χ0) is 23.1. The Morgan fingerprint density at radius 1 is 0.781 bits per heavy atom. The number of aromatic nitrogens is 6. The molecule has 0 aliphatic rings. The smallest absolute Gasteiger partial charge is 0.333 e. The summed E-state index contributed by atoms with van der Waals surface area (Å²) in [5.41, 5.74) is 3.88. The quantitative estimate of drug-likeness (QED) is 0.351. The number of rotatable bonds is 10. The van der Waals surface area contributed by atoms with Crippen LogP contribution in [-0.2, 0) is 45.4 Å². The summed E-state index contributed by atoms with van der Waals surface area (Å²) >= 11 is 0. The Hall–Kier alpha value is -4.08. The Morgan fingerprint density at radius 3 is 1.50 bits per heavy atom. The predicted octanol–water partition coefficient (Wildman–Crippen LogP) is 2.20. The summed E-state index contributed by atoms with van der Waals surface area (Å²) in [6.45, 7) is 11.4. The van der Waals surface area contributed by atoms with Crippen molar-refractivity contribution in [3.8, 4) is 0 Å². The Labute approximate surface area is 185 Å². The second kappa shape index (κ2) is 10.3. The number of hydrogen-bond donors (Lipinski definition) is 0. The standard InChI is InChI=1S/C22H24N6O4/c1-15(2)21(29)31-13-19-11-27(25-23-19)9-17-5-7-18(8-6-17)10-28-12-20(24-26-28)14-32-22(30)16(3)4/h5-8,11-12H,1,3,9-10,13-14H2,2,4H3. The van der Waals surface area contributed by atoms with E-state index in [0.717, 1.165) is 11.1 Å². The van der Waals surface area contributed by atoms with Gasteiger partial charge in [-0.3, -0.25) is 0 Å². The Bertz CT molecular complexity index is 1040. The summed E-state index contributed by atoms with van der Waals surface area (Å²) in [5, 5.41) is 16.1. The van der Waals surface area contributed by atoms with Gasteiger partial charge in [0.15, 0.2) is 0 Å². The van der Waals surface area contributed by atoms with Crippen LogP contribution < -0.4 is 0 Å². The Kier molecular flexibility index (Phi) is 7.27. The highest BCUT2D eigenvalue weighted by atomic mass is 16.5. The van der Waals surface area contributed by atoms with Gasteiger partial charge in [0.05, 0.1) is 25.5 Å². The molecule has 2 aromatic heterocycles. The maximum atomic E-state index is 11.5. The molecular weight excluding hydrogens is 412 g/mol. The molecule has 0 aliphatic heterocycles. The number of benzene rings is 1. The summed E-state index contributed by atoms with van der Waals surface area (Å²) in [6.07, 6.45) is 3.47. The SMILES string of the molecule is C=C(C)C(=O)OCc1cn(Cc2ccc(Cn3cc(COC(=O)C(=C)C)nn3)cc2)nn1. The molecule has 0 fully saturated rings. The number of carbonyl (C=O) groups excluding carboxylic acids is 2. The predicted molar refractivity (Wildman–Crippen MR) is 114 cm³/mol. The number of nitrogens with zero attached hydrogens (tertiary/aromatic N) is 6. The van der Waals surface area contributed by atoms with E-state index in [9.17, 15) is 9.59 Å². The molecule has 0 spiro atoms. The van der Waals surface area contributed by atoms with Crippen molar-refractivity contribution < 1.29 is 19.1 Å². The van der Waals surface area contributed by atoms with Crippen molar-refractivity contribution in [2.75, 3.05) is 0 Å². The molecule has 2 heterocycles. The van der Waals surface area contributed by atoms with Crippen LogP contribution in [0.3, 0.4) is 0 Å². The van der Waals surface area contributed by atoms with E-state index in [1.165, 1.54) is 0 Å². The Morgan fingerprint density at radius 2 is 1.16 bits per heavy atom. The summed E-state index contributed by atoms with van der Waals surface area (Å²) in [6, 6.07) is 7.96. The molecule has 0 aliphatic carbocycles. The van der Waals surface area contributed by atoms with Gasteiger partial charge in [0, 0.05) is 11.1 Å². The van der Waals surface area contributed by atoms with Crippen molar-refractivity contribution in [2.24, 2.45) is 0 Å². The monoisotopic (exact) mass is 436 g/mol. The van der Waals surface area contributed by atoms with Gasteiger partial charge >= 0.3 is 11.9 Å². The van der Waals surface area contributed by atoms with Crippen LogP contribution in [0.2, 0.25) is 0 Å². The average Bonchev–Trinajstić information content (AvgIpc) is 3.40. The normalized spacial score (nSPS) is 10.6. The van der Waals surface area contributed by atoms with Crippen LogP contribution >= 0.6 is 0 Å². The van der Waals surface area contributed by atoms with Gasteiger partial charge in [0.1, 0.15) is 24.6 Å². The molecule has 0 radical (unpaired) electrons. The lowest BCUT2D eigenvalue weighted by atomic mass is 10.1. The van der Waals surface area contributed by atoms with Crippen LogP contribution in [0, 0.1) is 0 Å². The lowest BCUT2D eigenvalue weighted by Crippen LogP contribution is -2.05.